The molecule has 3 aromatic heterocycles. The number of anilines is 2. The van der Waals surface area contributed by atoms with Crippen molar-refractivity contribution >= 4 is 44.0 Å². The van der Waals surface area contributed by atoms with Crippen molar-refractivity contribution in [2.75, 3.05) is 23.8 Å². The summed E-state index contributed by atoms with van der Waals surface area (Å²) in [6.45, 7) is 3.25. The van der Waals surface area contributed by atoms with E-state index in [2.05, 4.69) is 21.0 Å². The molecule has 0 aliphatic carbocycles. The zero-order valence-corrected chi connectivity index (χ0v) is 21.1. The molecule has 11 nitrogen and oxygen atoms in total. The fourth-order valence-electron chi connectivity index (χ4n) is 4.91. The van der Waals surface area contributed by atoms with Gasteiger partial charge in [0.25, 0.3) is 6.01 Å². The maximum Gasteiger partial charge on any atom is 0.292 e. The molecule has 0 fully saturated rings. The van der Waals surface area contributed by atoms with E-state index in [0.717, 1.165) is 22.3 Å². The first-order valence-electron chi connectivity index (χ1n) is 12.0. The molecule has 0 spiro atoms. The fraction of sp³-hybridized carbons (Fsp3) is 0.280. The van der Waals surface area contributed by atoms with Crippen molar-refractivity contribution in [2.24, 2.45) is 0 Å². The van der Waals surface area contributed by atoms with Crippen LogP contribution >= 0.6 is 0 Å². The molecule has 0 unspecified atom stereocenters. The van der Waals surface area contributed by atoms with E-state index in [-0.39, 0.29) is 11.8 Å². The van der Waals surface area contributed by atoms with E-state index in [1.165, 1.54) is 6.33 Å². The van der Waals surface area contributed by atoms with Crippen molar-refractivity contribution in [3.8, 4) is 11.3 Å². The first kappa shape index (κ1) is 23.4. The van der Waals surface area contributed by atoms with Gasteiger partial charge < -0.3 is 15.9 Å². The number of hydrogen-bond acceptors (Lipinski definition) is 9. The summed E-state index contributed by atoms with van der Waals surface area (Å²) in [5.41, 5.74) is 18.5. The number of oxazole rings is 1. The molecule has 0 bridgehead atoms. The minimum atomic E-state index is -3.22. The molecule has 2 aromatic carbocycles. The predicted octanol–water partition coefficient (Wildman–Crippen LogP) is 2.95. The SMILES string of the molecule is CCCS(=O)(=O)N1CCc2cc(Cn3nc(-c4ccc5oc(N)nc5c4)c4c(N)ncnc43)ccc2C1. The molecule has 190 valence electrons. The van der Waals surface area contributed by atoms with Gasteiger partial charge in [-0.1, -0.05) is 25.1 Å². The Bertz CT molecular complexity index is 1760. The smallest absolute Gasteiger partial charge is 0.292 e. The molecule has 0 saturated carbocycles. The Balaban J connectivity index is 1.35. The third-order valence-corrected chi connectivity index (χ3v) is 8.69. The molecular formula is C25H26N8O3S. The van der Waals surface area contributed by atoms with E-state index in [1.807, 2.05) is 35.9 Å². The van der Waals surface area contributed by atoms with Gasteiger partial charge in [-0.25, -0.2) is 23.1 Å². The molecule has 0 amide bonds. The molecule has 12 heteroatoms. The molecule has 4 N–H and O–H groups in total. The van der Waals surface area contributed by atoms with Gasteiger partial charge in [0.05, 0.1) is 17.7 Å². The number of sulfonamides is 1. The van der Waals surface area contributed by atoms with E-state index >= 15 is 0 Å². The van der Waals surface area contributed by atoms with Crippen LogP contribution in [0.2, 0.25) is 0 Å². The monoisotopic (exact) mass is 518 g/mol. The Morgan fingerprint density at radius 3 is 2.78 bits per heavy atom. The van der Waals surface area contributed by atoms with Crippen molar-refractivity contribution < 1.29 is 12.8 Å². The summed E-state index contributed by atoms with van der Waals surface area (Å²) < 4.78 is 33.8. The Morgan fingerprint density at radius 2 is 1.95 bits per heavy atom. The van der Waals surface area contributed by atoms with Crippen LogP contribution < -0.4 is 11.5 Å². The zero-order valence-electron chi connectivity index (χ0n) is 20.3. The van der Waals surface area contributed by atoms with Gasteiger partial charge in [0.15, 0.2) is 11.2 Å². The van der Waals surface area contributed by atoms with Crippen molar-refractivity contribution in [3.05, 3.63) is 59.4 Å². The second-order valence-electron chi connectivity index (χ2n) is 9.20. The molecule has 37 heavy (non-hydrogen) atoms. The van der Waals surface area contributed by atoms with E-state index in [4.69, 9.17) is 21.0 Å². The van der Waals surface area contributed by atoms with Gasteiger partial charge in [-0.3, -0.25) is 0 Å². The minimum Gasteiger partial charge on any atom is -0.424 e. The number of hydrogen-bond donors (Lipinski definition) is 2. The van der Waals surface area contributed by atoms with Gasteiger partial charge >= 0.3 is 0 Å². The standard InChI is InChI=1S/C25H26N8O3S/c1-2-9-37(34,35)32-8-7-16-10-15(3-4-18(16)13-32)12-33-24-21(23(26)28-14-29-24)22(31-33)17-5-6-20-19(11-17)30-25(27)36-20/h3-6,10-11,14H,2,7-9,12-13H2,1H3,(H2,27,30)(H2,26,28,29). The number of nitrogen functional groups attached to an aromatic ring is 2. The van der Waals surface area contributed by atoms with E-state index in [9.17, 15) is 8.42 Å². The number of nitrogens with zero attached hydrogens (tertiary/aromatic N) is 6. The largest absolute Gasteiger partial charge is 0.424 e. The fourth-order valence-corrected chi connectivity index (χ4v) is 6.39. The molecule has 0 atom stereocenters. The quantitative estimate of drug-likeness (QED) is 0.344. The van der Waals surface area contributed by atoms with Crippen LogP contribution in [0, 0.1) is 0 Å². The Hall–Kier alpha value is -4.03. The molecule has 0 radical (unpaired) electrons. The maximum absolute atomic E-state index is 12.5. The van der Waals surface area contributed by atoms with Gasteiger partial charge in [0.2, 0.25) is 10.0 Å². The average molecular weight is 519 g/mol. The van der Waals surface area contributed by atoms with Crippen LogP contribution in [0.15, 0.2) is 47.1 Å². The Morgan fingerprint density at radius 1 is 1.08 bits per heavy atom. The van der Waals surface area contributed by atoms with Crippen molar-refractivity contribution in [2.45, 2.75) is 32.9 Å². The van der Waals surface area contributed by atoms with Crippen molar-refractivity contribution in [1.82, 2.24) is 29.0 Å². The highest BCUT2D eigenvalue weighted by Gasteiger charge is 2.26. The summed E-state index contributed by atoms with van der Waals surface area (Å²) in [7, 11) is -3.22. The first-order valence-corrected chi connectivity index (χ1v) is 13.6. The van der Waals surface area contributed by atoms with E-state index in [1.54, 1.807) is 10.4 Å². The summed E-state index contributed by atoms with van der Waals surface area (Å²) in [5.74, 6) is 0.515. The normalized spacial score (nSPS) is 14.4. The predicted molar refractivity (Wildman–Crippen MR) is 141 cm³/mol. The number of rotatable bonds is 6. The highest BCUT2D eigenvalue weighted by molar-refractivity contribution is 7.89. The minimum absolute atomic E-state index is 0.101. The van der Waals surface area contributed by atoms with Gasteiger partial charge in [-0.2, -0.15) is 14.4 Å². The third kappa shape index (κ3) is 4.17. The number of fused-ring (bicyclic) bond motifs is 3. The molecule has 5 aromatic rings. The average Bonchev–Trinajstić information content (AvgIpc) is 3.43. The zero-order chi connectivity index (χ0) is 25.7. The summed E-state index contributed by atoms with van der Waals surface area (Å²) in [5, 5.41) is 5.52. The molecule has 4 heterocycles. The van der Waals surface area contributed by atoms with Crippen LogP contribution in [0.3, 0.4) is 0 Å². The third-order valence-electron chi connectivity index (χ3n) is 6.67. The number of benzene rings is 2. The number of nitrogens with two attached hydrogens (primary N) is 2. The van der Waals surface area contributed by atoms with Crippen LogP contribution in [0.25, 0.3) is 33.4 Å². The molecular weight excluding hydrogens is 492 g/mol. The lowest BCUT2D eigenvalue weighted by atomic mass is 9.98. The van der Waals surface area contributed by atoms with Crippen LogP contribution in [-0.2, 0) is 29.5 Å². The van der Waals surface area contributed by atoms with Crippen LogP contribution in [-0.4, -0.2) is 49.8 Å². The van der Waals surface area contributed by atoms with Crippen LogP contribution in [0.1, 0.15) is 30.0 Å². The highest BCUT2D eigenvalue weighted by atomic mass is 32.2. The lowest BCUT2D eigenvalue weighted by Gasteiger charge is -2.28. The lowest BCUT2D eigenvalue weighted by molar-refractivity contribution is 0.391. The van der Waals surface area contributed by atoms with Crippen molar-refractivity contribution in [3.63, 3.8) is 0 Å². The Kier molecular flexibility index (Phi) is 5.57. The topological polar surface area (TPSA) is 159 Å². The Labute approximate surface area is 213 Å². The molecule has 6 rings (SSSR count). The highest BCUT2D eigenvalue weighted by Crippen LogP contribution is 2.33. The maximum atomic E-state index is 12.5. The summed E-state index contributed by atoms with van der Waals surface area (Å²) in [6, 6.07) is 11.8. The molecule has 0 saturated heterocycles. The van der Waals surface area contributed by atoms with Gasteiger partial charge in [0, 0.05) is 18.7 Å². The number of aromatic nitrogens is 5. The van der Waals surface area contributed by atoms with E-state index < -0.39 is 10.0 Å². The molecule has 1 aliphatic heterocycles. The second-order valence-corrected chi connectivity index (χ2v) is 11.3. The second kappa shape index (κ2) is 8.82. The van der Waals surface area contributed by atoms with Gasteiger partial charge in [-0.05, 0) is 47.7 Å². The van der Waals surface area contributed by atoms with Gasteiger partial charge in [0.1, 0.15) is 23.4 Å². The van der Waals surface area contributed by atoms with Crippen molar-refractivity contribution in [1.29, 1.82) is 0 Å². The summed E-state index contributed by atoms with van der Waals surface area (Å²) >= 11 is 0. The van der Waals surface area contributed by atoms with E-state index in [0.29, 0.717) is 66.1 Å². The van der Waals surface area contributed by atoms with Crippen LogP contribution in [0.4, 0.5) is 11.8 Å². The summed E-state index contributed by atoms with van der Waals surface area (Å²) in [6.07, 6.45) is 2.71. The van der Waals surface area contributed by atoms with Gasteiger partial charge in [-0.15, -0.1) is 0 Å². The molecule has 1 aliphatic rings. The first-order chi connectivity index (χ1) is 17.8. The lowest BCUT2D eigenvalue weighted by Crippen LogP contribution is -2.37. The van der Waals surface area contributed by atoms with Crippen LogP contribution in [0.5, 0.6) is 0 Å². The summed E-state index contributed by atoms with van der Waals surface area (Å²) in [4.78, 5) is 12.9.